The molecule has 3 unspecified atom stereocenters. The van der Waals surface area contributed by atoms with Gasteiger partial charge in [-0.25, -0.2) is 4.39 Å². The van der Waals surface area contributed by atoms with E-state index in [-0.39, 0.29) is 11.7 Å². The van der Waals surface area contributed by atoms with E-state index in [1.807, 2.05) is 30.3 Å². The topological polar surface area (TPSA) is 66.4 Å². The first-order valence-corrected chi connectivity index (χ1v) is 7.88. The molecule has 1 saturated carbocycles. The summed E-state index contributed by atoms with van der Waals surface area (Å²) >= 11 is 0. The van der Waals surface area contributed by atoms with Crippen molar-refractivity contribution in [3.05, 3.63) is 71.5 Å². The van der Waals surface area contributed by atoms with Crippen LogP contribution in [0, 0.1) is 17.7 Å². The van der Waals surface area contributed by atoms with Crippen molar-refractivity contribution in [2.24, 2.45) is 11.8 Å². The molecule has 1 amide bonds. The Hall–Kier alpha value is -2.69. The molecule has 124 valence electrons. The lowest BCUT2D eigenvalue weighted by Gasteiger charge is -2.20. The second-order valence-corrected chi connectivity index (χ2v) is 6.06. The summed E-state index contributed by atoms with van der Waals surface area (Å²) in [6, 6.07) is 15.3. The Morgan fingerprint density at radius 1 is 1.08 bits per heavy atom. The summed E-state index contributed by atoms with van der Waals surface area (Å²) in [5.74, 6) is -2.81. The highest BCUT2D eigenvalue weighted by molar-refractivity contribution is 5.89. The quantitative estimate of drug-likeness (QED) is 0.857. The van der Waals surface area contributed by atoms with E-state index in [1.54, 1.807) is 18.2 Å². The molecule has 0 saturated heterocycles. The number of halogens is 1. The van der Waals surface area contributed by atoms with Gasteiger partial charge in [-0.15, -0.1) is 0 Å². The minimum atomic E-state index is -0.958. The number of aliphatic carboxylic acids is 1. The Balaban J connectivity index is 1.79. The van der Waals surface area contributed by atoms with Crippen LogP contribution in [0.5, 0.6) is 0 Å². The van der Waals surface area contributed by atoms with Crippen LogP contribution < -0.4 is 5.32 Å². The molecule has 2 aromatic carbocycles. The Labute approximate surface area is 139 Å². The fraction of sp³-hybridized carbons (Fsp3) is 0.263. The molecule has 5 heteroatoms. The van der Waals surface area contributed by atoms with E-state index in [2.05, 4.69) is 5.32 Å². The Kier molecular flexibility index (Phi) is 4.60. The molecule has 3 atom stereocenters. The highest BCUT2D eigenvalue weighted by Crippen LogP contribution is 2.39. The average Bonchev–Trinajstić information content (AvgIpc) is 3.37. The van der Waals surface area contributed by atoms with Gasteiger partial charge in [-0.05, 0) is 24.5 Å². The van der Waals surface area contributed by atoms with Gasteiger partial charge in [0.1, 0.15) is 5.82 Å². The van der Waals surface area contributed by atoms with E-state index in [0.29, 0.717) is 18.4 Å². The number of hydrogen-bond acceptors (Lipinski definition) is 2. The lowest BCUT2D eigenvalue weighted by atomic mass is 9.98. The first kappa shape index (κ1) is 16.2. The first-order chi connectivity index (χ1) is 11.6. The molecular formula is C19H18FNO3. The zero-order chi connectivity index (χ0) is 17.1. The maximum Gasteiger partial charge on any atom is 0.307 e. The largest absolute Gasteiger partial charge is 0.481 e. The number of carbonyl (C=O) groups is 2. The van der Waals surface area contributed by atoms with Gasteiger partial charge >= 0.3 is 5.97 Å². The second-order valence-electron chi connectivity index (χ2n) is 6.06. The van der Waals surface area contributed by atoms with Crippen LogP contribution in [0.3, 0.4) is 0 Å². The fourth-order valence-corrected chi connectivity index (χ4v) is 2.88. The van der Waals surface area contributed by atoms with E-state index in [4.69, 9.17) is 5.11 Å². The third-order valence-corrected chi connectivity index (χ3v) is 4.32. The minimum Gasteiger partial charge on any atom is -0.481 e. The monoisotopic (exact) mass is 327 g/mol. The second kappa shape index (κ2) is 6.83. The minimum absolute atomic E-state index is 0.327. The summed E-state index contributed by atoms with van der Waals surface area (Å²) in [5.41, 5.74) is 1.37. The molecule has 1 aliphatic carbocycles. The number of rotatable bonds is 6. The van der Waals surface area contributed by atoms with Gasteiger partial charge in [-0.3, -0.25) is 9.59 Å². The van der Waals surface area contributed by atoms with Crippen LogP contribution >= 0.6 is 0 Å². The lowest BCUT2D eigenvalue weighted by molar-refractivity contribution is -0.140. The predicted molar refractivity (Wildman–Crippen MR) is 86.7 cm³/mol. The summed E-state index contributed by atoms with van der Waals surface area (Å²) < 4.78 is 14.2. The number of hydrogen-bond donors (Lipinski definition) is 2. The molecule has 0 spiro atoms. The molecule has 1 fully saturated rings. The normalized spacial score (nSPS) is 20.2. The molecule has 0 aromatic heterocycles. The summed E-state index contributed by atoms with van der Waals surface area (Å²) in [6.07, 6.45) is 0.786. The van der Waals surface area contributed by atoms with E-state index in [0.717, 1.165) is 5.56 Å². The summed E-state index contributed by atoms with van der Waals surface area (Å²) in [5, 5.41) is 11.8. The average molecular weight is 327 g/mol. The van der Waals surface area contributed by atoms with Crippen molar-refractivity contribution in [3.8, 4) is 0 Å². The van der Waals surface area contributed by atoms with Gasteiger partial charge in [0.15, 0.2) is 0 Å². The van der Waals surface area contributed by atoms with Crippen LogP contribution in [0.25, 0.3) is 0 Å². The zero-order valence-corrected chi connectivity index (χ0v) is 13.0. The highest BCUT2D eigenvalue weighted by Gasteiger charge is 2.48. The highest BCUT2D eigenvalue weighted by atomic mass is 19.1. The molecular weight excluding hydrogens is 309 g/mol. The van der Waals surface area contributed by atoms with Crippen molar-refractivity contribution < 1.29 is 19.1 Å². The first-order valence-electron chi connectivity index (χ1n) is 7.88. The van der Waals surface area contributed by atoms with E-state index < -0.39 is 23.8 Å². The van der Waals surface area contributed by atoms with Gasteiger partial charge in [0, 0.05) is 5.56 Å². The molecule has 3 rings (SSSR count). The summed E-state index contributed by atoms with van der Waals surface area (Å²) in [7, 11) is 0. The number of carbonyl (C=O) groups excluding carboxylic acids is 1. The predicted octanol–water partition coefficient (Wildman–Crippen LogP) is 2.95. The molecule has 0 bridgehead atoms. The van der Waals surface area contributed by atoms with Gasteiger partial charge in [-0.1, -0.05) is 48.5 Å². The van der Waals surface area contributed by atoms with Crippen LogP contribution in [0.15, 0.2) is 54.6 Å². The van der Waals surface area contributed by atoms with Crippen LogP contribution in [0.4, 0.5) is 4.39 Å². The van der Waals surface area contributed by atoms with Gasteiger partial charge in [0.05, 0.1) is 17.9 Å². The van der Waals surface area contributed by atoms with Gasteiger partial charge in [0.2, 0.25) is 5.91 Å². The lowest BCUT2D eigenvalue weighted by Crippen LogP contribution is -2.32. The molecule has 0 aliphatic heterocycles. The number of benzene rings is 2. The zero-order valence-electron chi connectivity index (χ0n) is 13.0. The SMILES string of the molecule is O=C(O)C1CC1C(=O)NC(Cc1ccccc1)c1ccccc1F. The fourth-order valence-electron chi connectivity index (χ4n) is 2.88. The van der Waals surface area contributed by atoms with E-state index in [1.165, 1.54) is 6.07 Å². The third-order valence-electron chi connectivity index (χ3n) is 4.32. The van der Waals surface area contributed by atoms with Crippen molar-refractivity contribution in [2.45, 2.75) is 18.9 Å². The van der Waals surface area contributed by atoms with E-state index >= 15 is 0 Å². The third kappa shape index (κ3) is 3.62. The van der Waals surface area contributed by atoms with E-state index in [9.17, 15) is 14.0 Å². The maximum atomic E-state index is 14.2. The molecule has 2 N–H and O–H groups in total. The molecule has 1 aliphatic rings. The van der Waals surface area contributed by atoms with Crippen molar-refractivity contribution in [1.29, 1.82) is 0 Å². The number of carboxylic acid groups (broad SMARTS) is 1. The number of nitrogens with one attached hydrogen (secondary N) is 1. The maximum absolute atomic E-state index is 14.2. The summed E-state index contributed by atoms with van der Waals surface area (Å²) in [4.78, 5) is 23.2. The van der Waals surface area contributed by atoms with Gasteiger partial charge in [0.25, 0.3) is 0 Å². The van der Waals surface area contributed by atoms with Crippen molar-refractivity contribution in [3.63, 3.8) is 0 Å². The van der Waals surface area contributed by atoms with Gasteiger partial charge < -0.3 is 10.4 Å². The van der Waals surface area contributed by atoms with Crippen LogP contribution in [0.1, 0.15) is 23.6 Å². The smallest absolute Gasteiger partial charge is 0.307 e. The van der Waals surface area contributed by atoms with Crippen molar-refractivity contribution in [2.75, 3.05) is 0 Å². The number of amides is 1. The summed E-state index contributed by atoms with van der Waals surface area (Å²) in [6.45, 7) is 0. The molecule has 24 heavy (non-hydrogen) atoms. The molecule has 4 nitrogen and oxygen atoms in total. The molecule has 0 heterocycles. The standard InChI is InChI=1S/C19H18FNO3/c20-16-9-5-4-8-13(16)17(10-12-6-2-1-3-7-12)21-18(22)14-11-15(14)19(23)24/h1-9,14-15,17H,10-11H2,(H,21,22)(H,23,24). The van der Waals surface area contributed by atoms with Crippen LogP contribution in [0.2, 0.25) is 0 Å². The van der Waals surface area contributed by atoms with Crippen molar-refractivity contribution >= 4 is 11.9 Å². The Morgan fingerprint density at radius 3 is 2.38 bits per heavy atom. The molecule has 2 aromatic rings. The number of carboxylic acids is 1. The van der Waals surface area contributed by atoms with Crippen LogP contribution in [-0.4, -0.2) is 17.0 Å². The Morgan fingerprint density at radius 2 is 1.75 bits per heavy atom. The Bertz CT molecular complexity index is 747. The van der Waals surface area contributed by atoms with Crippen LogP contribution in [-0.2, 0) is 16.0 Å². The van der Waals surface area contributed by atoms with Gasteiger partial charge in [-0.2, -0.15) is 0 Å². The molecule has 0 radical (unpaired) electrons. The van der Waals surface area contributed by atoms with Crippen molar-refractivity contribution in [1.82, 2.24) is 5.32 Å².